The Balaban J connectivity index is 1.98. The molecule has 1 aromatic carbocycles. The van der Waals surface area contributed by atoms with Gasteiger partial charge < -0.3 is 0 Å². The van der Waals surface area contributed by atoms with Gasteiger partial charge in [-0.2, -0.15) is 0 Å². The summed E-state index contributed by atoms with van der Waals surface area (Å²) in [7, 11) is -3.45. The first kappa shape index (κ1) is 16.2. The first-order valence-electron chi connectivity index (χ1n) is 6.62. The van der Waals surface area contributed by atoms with Gasteiger partial charge in [0, 0.05) is 15.5 Å². The van der Waals surface area contributed by atoms with Gasteiger partial charge in [0.1, 0.15) is 0 Å². The molecule has 3 nitrogen and oxygen atoms in total. The average molecular weight is 423 g/mol. The second-order valence-electron chi connectivity index (χ2n) is 4.83. The fraction of sp³-hybridized carbons (Fsp3) is 0.429. The predicted octanol–water partition coefficient (Wildman–Crippen LogP) is 4.38. The zero-order valence-electron chi connectivity index (χ0n) is 11.0. The molecule has 0 heterocycles. The van der Waals surface area contributed by atoms with E-state index in [1.54, 1.807) is 18.2 Å². The molecule has 0 spiro atoms. The van der Waals surface area contributed by atoms with E-state index in [0.29, 0.717) is 11.0 Å². The number of hydrogen-bond acceptors (Lipinski definition) is 2. The van der Waals surface area contributed by atoms with Gasteiger partial charge in [-0.05, 0) is 66.2 Å². The molecule has 0 aromatic heterocycles. The maximum atomic E-state index is 12.2. The lowest BCUT2D eigenvalue weighted by Gasteiger charge is -2.13. The van der Waals surface area contributed by atoms with E-state index < -0.39 is 10.0 Å². The minimum Gasteiger partial charge on any atom is -0.211 e. The van der Waals surface area contributed by atoms with E-state index in [2.05, 4.69) is 42.7 Å². The quantitative estimate of drug-likeness (QED) is 0.715. The Morgan fingerprint density at radius 3 is 2.65 bits per heavy atom. The van der Waals surface area contributed by atoms with Gasteiger partial charge in [0.2, 0.25) is 10.0 Å². The van der Waals surface area contributed by atoms with Crippen LogP contribution < -0.4 is 4.72 Å². The van der Waals surface area contributed by atoms with Gasteiger partial charge >= 0.3 is 0 Å². The zero-order valence-corrected chi connectivity index (χ0v) is 15.0. The second kappa shape index (κ2) is 7.20. The van der Waals surface area contributed by atoms with Gasteiger partial charge in [0.25, 0.3) is 0 Å². The van der Waals surface area contributed by atoms with E-state index in [-0.39, 0.29) is 4.90 Å². The third-order valence-electron chi connectivity index (χ3n) is 3.31. The van der Waals surface area contributed by atoms with Crippen molar-refractivity contribution in [1.82, 2.24) is 4.72 Å². The minimum atomic E-state index is -3.45. The Hall–Kier alpha value is -0.170. The molecular weight excluding hydrogens is 406 g/mol. The predicted molar refractivity (Wildman–Crippen MR) is 88.2 cm³/mol. The molecule has 110 valence electrons. The van der Waals surface area contributed by atoms with Crippen molar-refractivity contribution < 1.29 is 8.42 Å². The lowest BCUT2D eigenvalue weighted by Crippen LogP contribution is -2.25. The van der Waals surface area contributed by atoms with Crippen LogP contribution in [0.3, 0.4) is 0 Å². The van der Waals surface area contributed by atoms with E-state index in [4.69, 9.17) is 0 Å². The number of nitrogens with one attached hydrogen (secondary N) is 1. The first-order valence-corrected chi connectivity index (χ1v) is 9.68. The SMILES string of the molecule is O=S(=O)(NCCC1=CCCCC1)c1ccc(Br)cc1Br. The van der Waals surface area contributed by atoms with Crippen molar-refractivity contribution in [2.24, 2.45) is 0 Å². The van der Waals surface area contributed by atoms with Crippen LogP contribution in [-0.2, 0) is 10.0 Å². The van der Waals surface area contributed by atoms with Crippen molar-refractivity contribution in [1.29, 1.82) is 0 Å². The maximum Gasteiger partial charge on any atom is 0.241 e. The largest absolute Gasteiger partial charge is 0.241 e. The molecule has 0 amide bonds. The number of hydrogen-bond donors (Lipinski definition) is 1. The van der Waals surface area contributed by atoms with Crippen LogP contribution in [0.15, 0.2) is 43.7 Å². The lowest BCUT2D eigenvalue weighted by molar-refractivity contribution is 0.579. The van der Waals surface area contributed by atoms with E-state index in [9.17, 15) is 8.42 Å². The van der Waals surface area contributed by atoms with Crippen LogP contribution in [0.2, 0.25) is 0 Å². The summed E-state index contributed by atoms with van der Waals surface area (Å²) in [5.74, 6) is 0. The summed E-state index contributed by atoms with van der Waals surface area (Å²) in [6.07, 6.45) is 7.74. The first-order chi connectivity index (χ1) is 9.49. The second-order valence-corrected chi connectivity index (χ2v) is 8.34. The fourth-order valence-corrected chi connectivity index (χ4v) is 5.02. The Morgan fingerprint density at radius 2 is 2.00 bits per heavy atom. The molecule has 1 aliphatic carbocycles. The average Bonchev–Trinajstić information content (AvgIpc) is 2.39. The van der Waals surface area contributed by atoms with E-state index in [1.807, 2.05) is 0 Å². The summed E-state index contributed by atoms with van der Waals surface area (Å²) in [4.78, 5) is 0.276. The normalized spacial score (nSPS) is 16.0. The van der Waals surface area contributed by atoms with Crippen LogP contribution in [0.5, 0.6) is 0 Å². The van der Waals surface area contributed by atoms with Gasteiger partial charge in [0.15, 0.2) is 0 Å². The van der Waals surface area contributed by atoms with Crippen LogP contribution in [0.25, 0.3) is 0 Å². The van der Waals surface area contributed by atoms with Crippen LogP contribution in [0.1, 0.15) is 32.1 Å². The third-order valence-corrected chi connectivity index (χ3v) is 6.24. The smallest absolute Gasteiger partial charge is 0.211 e. The molecule has 0 radical (unpaired) electrons. The van der Waals surface area contributed by atoms with E-state index in [0.717, 1.165) is 23.7 Å². The molecule has 6 heteroatoms. The van der Waals surface area contributed by atoms with Gasteiger partial charge in [-0.15, -0.1) is 0 Å². The van der Waals surface area contributed by atoms with Gasteiger partial charge in [-0.3, -0.25) is 0 Å². The molecule has 0 aliphatic heterocycles. The number of allylic oxidation sites excluding steroid dienone is 1. The number of benzene rings is 1. The highest BCUT2D eigenvalue weighted by molar-refractivity contribution is 9.11. The van der Waals surface area contributed by atoms with Crippen molar-refractivity contribution in [3.8, 4) is 0 Å². The monoisotopic (exact) mass is 421 g/mol. The highest BCUT2D eigenvalue weighted by Crippen LogP contribution is 2.26. The van der Waals surface area contributed by atoms with Crippen LogP contribution >= 0.6 is 31.9 Å². The minimum absolute atomic E-state index is 0.276. The topological polar surface area (TPSA) is 46.2 Å². The lowest BCUT2D eigenvalue weighted by atomic mass is 9.97. The standard InChI is InChI=1S/C14H17Br2NO2S/c15-12-6-7-14(13(16)10-12)20(18,19)17-9-8-11-4-2-1-3-5-11/h4,6-7,10,17H,1-3,5,8-9H2. The molecule has 0 saturated carbocycles. The fourth-order valence-electron chi connectivity index (χ4n) is 2.25. The summed E-state index contributed by atoms with van der Waals surface area (Å²) in [5, 5.41) is 0. The number of sulfonamides is 1. The highest BCUT2D eigenvalue weighted by atomic mass is 79.9. The number of rotatable bonds is 5. The van der Waals surface area contributed by atoms with Crippen LogP contribution in [-0.4, -0.2) is 15.0 Å². The molecule has 20 heavy (non-hydrogen) atoms. The molecule has 1 aromatic rings. The Morgan fingerprint density at radius 1 is 1.20 bits per heavy atom. The summed E-state index contributed by atoms with van der Waals surface area (Å²) in [6.45, 7) is 0.455. The number of halogens is 2. The van der Waals surface area contributed by atoms with Crippen molar-refractivity contribution in [2.75, 3.05) is 6.54 Å². The molecule has 0 bridgehead atoms. The van der Waals surface area contributed by atoms with Gasteiger partial charge in [-0.1, -0.05) is 27.6 Å². The van der Waals surface area contributed by atoms with E-state index in [1.165, 1.54) is 18.4 Å². The summed E-state index contributed by atoms with van der Waals surface area (Å²) >= 11 is 6.61. The van der Waals surface area contributed by atoms with Crippen molar-refractivity contribution >= 4 is 41.9 Å². The Kier molecular flexibility index (Phi) is 5.84. The van der Waals surface area contributed by atoms with Gasteiger partial charge in [0.05, 0.1) is 4.90 Å². The van der Waals surface area contributed by atoms with Crippen LogP contribution in [0.4, 0.5) is 0 Å². The molecule has 0 saturated heterocycles. The van der Waals surface area contributed by atoms with Gasteiger partial charge in [-0.25, -0.2) is 13.1 Å². The summed E-state index contributed by atoms with van der Waals surface area (Å²) in [5.41, 5.74) is 1.37. The summed E-state index contributed by atoms with van der Waals surface area (Å²) in [6, 6.07) is 5.05. The Labute approximate surface area is 137 Å². The molecule has 2 rings (SSSR count). The summed E-state index contributed by atoms with van der Waals surface area (Å²) < 4.78 is 28.5. The molecule has 0 fully saturated rings. The van der Waals surface area contributed by atoms with E-state index >= 15 is 0 Å². The zero-order chi connectivity index (χ0) is 14.6. The molecular formula is C14H17Br2NO2S. The molecule has 0 unspecified atom stereocenters. The molecule has 1 aliphatic rings. The third kappa shape index (κ3) is 4.41. The van der Waals surface area contributed by atoms with Crippen molar-refractivity contribution in [2.45, 2.75) is 37.0 Å². The maximum absolute atomic E-state index is 12.2. The van der Waals surface area contributed by atoms with Crippen molar-refractivity contribution in [3.05, 3.63) is 38.8 Å². The molecule has 1 N–H and O–H groups in total. The van der Waals surface area contributed by atoms with Crippen molar-refractivity contribution in [3.63, 3.8) is 0 Å². The highest BCUT2D eigenvalue weighted by Gasteiger charge is 2.17. The van der Waals surface area contributed by atoms with Crippen LogP contribution in [0, 0.1) is 0 Å². The molecule has 0 atom stereocenters. The Bertz CT molecular complexity index is 612.